The second kappa shape index (κ2) is 9.44. The Morgan fingerprint density at radius 2 is 2.05 bits per heavy atom. The van der Waals surface area contributed by atoms with E-state index in [2.05, 4.69) is 25.7 Å². The van der Waals surface area contributed by atoms with Crippen molar-refractivity contribution in [2.24, 2.45) is 18.4 Å². The van der Waals surface area contributed by atoms with Gasteiger partial charge in [0.15, 0.2) is 11.5 Å². The fraction of sp³-hybridized carbons (Fsp3) is 0.409. The molecule has 0 aliphatic carbocycles. The van der Waals surface area contributed by atoms with Crippen LogP contribution in [0.2, 0.25) is 0 Å². The standard InChI is InChI=1S/C22H22F5N7O3/c1-21(2)12(16(23)24)7-34(20(21)36)17-13(8-33(3)32-17)30-18(35)14-9-37-19(31-14)11-4-5-28-15(6-11)29-10-22(25,26)27/h4-6,8-9,12,16H,7,10H2,1-3H3,(H,28,29)(H,30,35). The van der Waals surface area contributed by atoms with Gasteiger partial charge in [-0.1, -0.05) is 13.8 Å². The number of nitrogens with zero attached hydrogens (tertiary/aromatic N) is 5. The monoisotopic (exact) mass is 527 g/mol. The molecule has 1 saturated heterocycles. The molecule has 4 heterocycles. The van der Waals surface area contributed by atoms with Crippen molar-refractivity contribution in [3.8, 4) is 11.5 Å². The smallest absolute Gasteiger partial charge is 0.405 e. The molecule has 0 spiro atoms. The van der Waals surface area contributed by atoms with Gasteiger partial charge in [0.1, 0.15) is 24.3 Å². The molecule has 37 heavy (non-hydrogen) atoms. The average Bonchev–Trinajstić information content (AvgIpc) is 3.49. The molecule has 2 N–H and O–H groups in total. The summed E-state index contributed by atoms with van der Waals surface area (Å²) in [6.45, 7) is 1.32. The Kier molecular flexibility index (Phi) is 6.64. The molecule has 0 saturated carbocycles. The number of carbonyl (C=O) groups is 2. The predicted molar refractivity (Wildman–Crippen MR) is 121 cm³/mol. The molecule has 198 valence electrons. The van der Waals surface area contributed by atoms with E-state index < -0.39 is 42.3 Å². The second-order valence-electron chi connectivity index (χ2n) is 9.01. The number of hydrogen-bond acceptors (Lipinski definition) is 7. The number of rotatable bonds is 7. The van der Waals surface area contributed by atoms with Crippen LogP contribution in [0.3, 0.4) is 0 Å². The van der Waals surface area contributed by atoms with Crippen LogP contribution in [0, 0.1) is 11.3 Å². The number of anilines is 3. The average molecular weight is 527 g/mol. The van der Waals surface area contributed by atoms with Crippen molar-refractivity contribution in [3.63, 3.8) is 0 Å². The molecule has 0 bridgehead atoms. The summed E-state index contributed by atoms with van der Waals surface area (Å²) < 4.78 is 71.1. The molecule has 0 aromatic carbocycles. The first-order valence-electron chi connectivity index (χ1n) is 10.9. The Bertz CT molecular complexity index is 1320. The van der Waals surface area contributed by atoms with Gasteiger partial charge in [0.05, 0.1) is 17.5 Å². The molecule has 15 heteroatoms. The summed E-state index contributed by atoms with van der Waals surface area (Å²) in [7, 11) is 1.54. The van der Waals surface area contributed by atoms with E-state index in [1.807, 2.05) is 0 Å². The number of aryl methyl sites for hydroxylation is 1. The lowest BCUT2D eigenvalue weighted by Crippen LogP contribution is -2.33. The maximum Gasteiger partial charge on any atom is 0.405 e. The lowest BCUT2D eigenvalue weighted by atomic mass is 9.82. The fourth-order valence-corrected chi connectivity index (χ4v) is 3.90. The third kappa shape index (κ3) is 5.39. The molecule has 1 fully saturated rings. The minimum atomic E-state index is -4.44. The summed E-state index contributed by atoms with van der Waals surface area (Å²) in [6, 6.07) is 2.71. The second-order valence-corrected chi connectivity index (χ2v) is 9.01. The van der Waals surface area contributed by atoms with Crippen molar-refractivity contribution >= 4 is 29.1 Å². The minimum absolute atomic E-state index is 0.00954. The number of amides is 2. The van der Waals surface area contributed by atoms with Gasteiger partial charge in [0.2, 0.25) is 18.2 Å². The number of aromatic nitrogens is 4. The molecule has 3 aromatic rings. The molecule has 1 aliphatic heterocycles. The van der Waals surface area contributed by atoms with Gasteiger partial charge in [0.25, 0.3) is 5.91 Å². The van der Waals surface area contributed by atoms with E-state index in [9.17, 15) is 31.5 Å². The van der Waals surface area contributed by atoms with Crippen LogP contribution in [0.4, 0.5) is 39.3 Å². The molecule has 1 aliphatic rings. The van der Waals surface area contributed by atoms with Crippen LogP contribution < -0.4 is 15.5 Å². The van der Waals surface area contributed by atoms with Gasteiger partial charge >= 0.3 is 6.18 Å². The normalized spacial score (nSPS) is 17.5. The molecule has 4 rings (SSSR count). The van der Waals surface area contributed by atoms with Crippen LogP contribution in [0.25, 0.3) is 11.5 Å². The van der Waals surface area contributed by atoms with Gasteiger partial charge in [-0.2, -0.15) is 18.3 Å². The quantitative estimate of drug-likeness (QED) is 0.447. The van der Waals surface area contributed by atoms with Crippen LogP contribution in [-0.4, -0.2) is 57.3 Å². The van der Waals surface area contributed by atoms with Crippen LogP contribution in [0.5, 0.6) is 0 Å². The van der Waals surface area contributed by atoms with Crippen molar-refractivity contribution in [2.75, 3.05) is 28.6 Å². The van der Waals surface area contributed by atoms with E-state index in [1.54, 1.807) is 0 Å². The number of oxazole rings is 1. The largest absolute Gasteiger partial charge is 0.444 e. The molecule has 2 amide bonds. The lowest BCUT2D eigenvalue weighted by Gasteiger charge is -2.22. The summed E-state index contributed by atoms with van der Waals surface area (Å²) in [5.41, 5.74) is -1.14. The zero-order valence-electron chi connectivity index (χ0n) is 19.8. The highest BCUT2D eigenvalue weighted by Crippen LogP contribution is 2.43. The van der Waals surface area contributed by atoms with Gasteiger partial charge < -0.3 is 15.1 Å². The highest BCUT2D eigenvalue weighted by atomic mass is 19.4. The number of alkyl halides is 5. The molecule has 3 aromatic heterocycles. The maximum atomic E-state index is 13.5. The predicted octanol–water partition coefficient (Wildman–Crippen LogP) is 3.95. The summed E-state index contributed by atoms with van der Waals surface area (Å²) in [6.07, 6.45) is -3.46. The zero-order chi connectivity index (χ0) is 27.1. The van der Waals surface area contributed by atoms with Crippen molar-refractivity contribution in [1.82, 2.24) is 19.7 Å². The Labute approximate surface area is 206 Å². The van der Waals surface area contributed by atoms with Crippen LogP contribution in [0.1, 0.15) is 24.3 Å². The van der Waals surface area contributed by atoms with E-state index in [1.165, 1.54) is 50.1 Å². The first-order valence-corrected chi connectivity index (χ1v) is 10.9. The topological polar surface area (TPSA) is 118 Å². The van der Waals surface area contributed by atoms with E-state index in [4.69, 9.17) is 4.42 Å². The van der Waals surface area contributed by atoms with Crippen LogP contribution in [-0.2, 0) is 11.8 Å². The van der Waals surface area contributed by atoms with Gasteiger partial charge in [0, 0.05) is 25.4 Å². The number of hydrogen-bond donors (Lipinski definition) is 2. The minimum Gasteiger partial charge on any atom is -0.444 e. The lowest BCUT2D eigenvalue weighted by molar-refractivity contribution is -0.127. The van der Waals surface area contributed by atoms with Crippen LogP contribution in [0.15, 0.2) is 35.2 Å². The number of pyridine rings is 1. The maximum absolute atomic E-state index is 13.5. The van der Waals surface area contributed by atoms with Crippen LogP contribution >= 0.6 is 0 Å². The first-order chi connectivity index (χ1) is 17.3. The Morgan fingerprint density at radius 1 is 1.32 bits per heavy atom. The van der Waals surface area contributed by atoms with Crippen molar-refractivity contribution < 1.29 is 36.0 Å². The molecule has 0 radical (unpaired) electrons. The number of halogens is 5. The van der Waals surface area contributed by atoms with E-state index in [0.29, 0.717) is 0 Å². The summed E-state index contributed by atoms with van der Waals surface area (Å²) in [5, 5.41) is 8.86. The van der Waals surface area contributed by atoms with Gasteiger partial charge in [-0.3, -0.25) is 19.2 Å². The molecular formula is C22H22F5N7O3. The third-order valence-electron chi connectivity index (χ3n) is 5.93. The summed E-state index contributed by atoms with van der Waals surface area (Å²) in [5.74, 6) is -2.63. The van der Waals surface area contributed by atoms with Gasteiger partial charge in [-0.15, -0.1) is 0 Å². The SMILES string of the molecule is Cn1cc(NC(=O)c2coc(-c3ccnc(NCC(F)(F)F)c3)n2)c(N2CC(C(F)F)C(C)(C)C2=O)n1. The van der Waals surface area contributed by atoms with E-state index in [-0.39, 0.29) is 41.0 Å². The number of nitrogens with one attached hydrogen (secondary N) is 2. The highest BCUT2D eigenvalue weighted by molar-refractivity contribution is 6.07. The third-order valence-corrected chi connectivity index (χ3v) is 5.93. The number of carbonyl (C=O) groups excluding carboxylic acids is 2. The summed E-state index contributed by atoms with van der Waals surface area (Å²) in [4.78, 5) is 34.7. The van der Waals surface area contributed by atoms with Gasteiger partial charge in [-0.05, 0) is 12.1 Å². The first kappa shape index (κ1) is 26.0. The van der Waals surface area contributed by atoms with Crippen molar-refractivity contribution in [1.29, 1.82) is 0 Å². The Hall–Kier alpha value is -4.04. The zero-order valence-corrected chi connectivity index (χ0v) is 19.8. The summed E-state index contributed by atoms with van der Waals surface area (Å²) >= 11 is 0. The Balaban J connectivity index is 1.52. The van der Waals surface area contributed by atoms with Crippen molar-refractivity contribution in [2.45, 2.75) is 26.4 Å². The molecule has 10 nitrogen and oxygen atoms in total. The van der Waals surface area contributed by atoms with Gasteiger partial charge in [-0.25, -0.2) is 18.7 Å². The van der Waals surface area contributed by atoms with E-state index >= 15 is 0 Å². The molecular weight excluding hydrogens is 505 g/mol. The molecule has 1 atom stereocenters. The van der Waals surface area contributed by atoms with E-state index in [0.717, 1.165) is 11.2 Å². The Morgan fingerprint density at radius 3 is 2.70 bits per heavy atom. The van der Waals surface area contributed by atoms with Crippen molar-refractivity contribution in [3.05, 3.63) is 36.5 Å². The molecule has 1 unspecified atom stereocenters. The highest BCUT2D eigenvalue weighted by Gasteiger charge is 2.52. The fourth-order valence-electron chi connectivity index (χ4n) is 3.90.